The van der Waals surface area contributed by atoms with Crippen molar-refractivity contribution in [3.05, 3.63) is 41.0 Å². The smallest absolute Gasteiger partial charge is 0.261 e. The number of primary amides is 1. The van der Waals surface area contributed by atoms with Gasteiger partial charge in [0.15, 0.2) is 5.60 Å². The molecule has 6 heteroatoms. The molecule has 0 unspecified atom stereocenters. The van der Waals surface area contributed by atoms with E-state index in [9.17, 15) is 9.18 Å². The minimum atomic E-state index is -1.02. The van der Waals surface area contributed by atoms with Gasteiger partial charge in [0.2, 0.25) is 0 Å². The predicted octanol–water partition coefficient (Wildman–Crippen LogP) is 3.60. The highest BCUT2D eigenvalue weighted by Gasteiger charge is 2.42. The minimum Gasteiger partial charge on any atom is -0.477 e. The van der Waals surface area contributed by atoms with Crippen molar-refractivity contribution in [2.24, 2.45) is 5.73 Å². The Labute approximate surface area is 137 Å². The molecule has 0 aliphatic heterocycles. The van der Waals surface area contributed by atoms with Gasteiger partial charge < -0.3 is 10.5 Å². The third-order valence-corrected chi connectivity index (χ3v) is 5.12. The van der Waals surface area contributed by atoms with Crippen LogP contribution in [-0.4, -0.2) is 11.5 Å². The summed E-state index contributed by atoms with van der Waals surface area (Å²) in [7, 11) is 0. The molecule has 2 N–H and O–H groups in total. The third kappa shape index (κ3) is 2.92. The Morgan fingerprint density at radius 2 is 2.04 bits per heavy atom. The van der Waals surface area contributed by atoms with Crippen molar-refractivity contribution < 1.29 is 13.9 Å². The molecule has 1 aromatic heterocycles. The molecule has 1 heterocycles. The number of nitriles is 1. The van der Waals surface area contributed by atoms with Crippen LogP contribution in [0.3, 0.4) is 0 Å². The van der Waals surface area contributed by atoms with Crippen molar-refractivity contribution in [3.8, 4) is 22.3 Å². The topological polar surface area (TPSA) is 76.1 Å². The van der Waals surface area contributed by atoms with Crippen molar-refractivity contribution in [1.29, 1.82) is 5.26 Å². The summed E-state index contributed by atoms with van der Waals surface area (Å²) in [5.41, 5.74) is 4.85. The van der Waals surface area contributed by atoms with Crippen LogP contribution in [0.15, 0.2) is 30.3 Å². The summed E-state index contributed by atoms with van der Waals surface area (Å²) in [5, 5.41) is 8.85. The fourth-order valence-electron chi connectivity index (χ4n) is 2.87. The molecule has 2 aromatic rings. The van der Waals surface area contributed by atoms with E-state index in [1.54, 1.807) is 24.3 Å². The number of benzene rings is 1. The van der Waals surface area contributed by atoms with Gasteiger partial charge in [0.25, 0.3) is 5.91 Å². The molecule has 3 rings (SSSR count). The number of hydrogen-bond donors (Lipinski definition) is 1. The van der Waals surface area contributed by atoms with Crippen LogP contribution in [0.1, 0.15) is 30.6 Å². The summed E-state index contributed by atoms with van der Waals surface area (Å²) in [6, 6.07) is 9.90. The Morgan fingerprint density at radius 1 is 1.30 bits per heavy atom. The number of hydrogen-bond acceptors (Lipinski definition) is 4. The molecule has 1 fully saturated rings. The highest BCUT2D eigenvalue weighted by molar-refractivity contribution is 7.16. The Hall–Kier alpha value is -2.39. The monoisotopic (exact) mass is 330 g/mol. The van der Waals surface area contributed by atoms with Gasteiger partial charge in [-0.1, -0.05) is 0 Å². The minimum absolute atomic E-state index is 0.295. The zero-order valence-corrected chi connectivity index (χ0v) is 13.2. The van der Waals surface area contributed by atoms with Gasteiger partial charge in [-0.05, 0) is 49.9 Å². The molecule has 0 atom stereocenters. The second kappa shape index (κ2) is 6.01. The third-order valence-electron chi connectivity index (χ3n) is 4.10. The van der Waals surface area contributed by atoms with E-state index < -0.39 is 17.3 Å². The Balaban J connectivity index is 1.87. The number of nitrogens with zero attached hydrogens (tertiary/aromatic N) is 1. The molecule has 0 bridgehead atoms. The molecule has 0 saturated heterocycles. The van der Waals surface area contributed by atoms with Gasteiger partial charge in [-0.2, -0.15) is 5.26 Å². The van der Waals surface area contributed by atoms with E-state index in [0.29, 0.717) is 33.9 Å². The lowest BCUT2D eigenvalue weighted by Gasteiger charge is -2.26. The van der Waals surface area contributed by atoms with E-state index >= 15 is 0 Å². The molecule has 1 amide bonds. The van der Waals surface area contributed by atoms with Gasteiger partial charge in [0, 0.05) is 16.5 Å². The first-order valence-corrected chi connectivity index (χ1v) is 8.14. The summed E-state index contributed by atoms with van der Waals surface area (Å²) < 4.78 is 20.1. The fraction of sp³-hybridized carbons (Fsp3) is 0.294. The lowest BCUT2D eigenvalue weighted by molar-refractivity contribution is -0.133. The maximum absolute atomic E-state index is 14.4. The molecular weight excluding hydrogens is 315 g/mol. The lowest BCUT2D eigenvalue weighted by atomic mass is 10.0. The standard InChI is InChI=1S/C17H15FN2O2S/c18-14-9-11(22-17(16(20)21)7-1-2-8-17)3-5-13(14)15-6-4-12(10-19)23-15/h3-6,9H,1-2,7-8H2,(H2,20,21). The van der Waals surface area contributed by atoms with Crippen molar-refractivity contribution in [2.45, 2.75) is 31.3 Å². The maximum atomic E-state index is 14.4. The first kappa shape index (κ1) is 15.5. The summed E-state index contributed by atoms with van der Waals surface area (Å²) in [6.07, 6.45) is 2.86. The normalized spacial score (nSPS) is 16.0. The average Bonchev–Trinajstić information content (AvgIpc) is 3.17. The molecule has 0 spiro atoms. The summed E-state index contributed by atoms with van der Waals surface area (Å²) in [5.74, 6) is -0.660. The van der Waals surface area contributed by atoms with Crippen molar-refractivity contribution in [1.82, 2.24) is 0 Å². The summed E-state index contributed by atoms with van der Waals surface area (Å²) >= 11 is 1.23. The number of carbonyl (C=O) groups excluding carboxylic acids is 1. The number of nitrogens with two attached hydrogens (primary N) is 1. The number of rotatable bonds is 4. The van der Waals surface area contributed by atoms with E-state index in [2.05, 4.69) is 0 Å². The van der Waals surface area contributed by atoms with Crippen LogP contribution in [0, 0.1) is 17.1 Å². The first-order chi connectivity index (χ1) is 11.0. The molecule has 1 aliphatic rings. The van der Waals surface area contributed by atoms with Crippen LogP contribution in [0.2, 0.25) is 0 Å². The summed E-state index contributed by atoms with van der Waals surface area (Å²) in [6.45, 7) is 0. The molecular formula is C17H15FN2O2S. The average molecular weight is 330 g/mol. The highest BCUT2D eigenvalue weighted by Crippen LogP contribution is 2.36. The lowest BCUT2D eigenvalue weighted by Crippen LogP contribution is -2.46. The molecule has 1 aliphatic carbocycles. The van der Waals surface area contributed by atoms with Crippen LogP contribution >= 0.6 is 11.3 Å². The van der Waals surface area contributed by atoms with Gasteiger partial charge >= 0.3 is 0 Å². The second-order valence-electron chi connectivity index (χ2n) is 5.59. The van der Waals surface area contributed by atoms with Crippen molar-refractivity contribution >= 4 is 17.2 Å². The first-order valence-electron chi connectivity index (χ1n) is 7.33. The van der Waals surface area contributed by atoms with Gasteiger partial charge in [-0.15, -0.1) is 11.3 Å². The van der Waals surface area contributed by atoms with E-state index in [1.165, 1.54) is 17.4 Å². The van der Waals surface area contributed by atoms with E-state index in [4.69, 9.17) is 15.7 Å². The zero-order chi connectivity index (χ0) is 16.4. The van der Waals surface area contributed by atoms with Crippen molar-refractivity contribution in [2.75, 3.05) is 0 Å². The molecule has 118 valence electrons. The zero-order valence-electron chi connectivity index (χ0n) is 12.3. The highest BCUT2D eigenvalue weighted by atomic mass is 32.1. The molecule has 1 aromatic carbocycles. The molecule has 0 radical (unpaired) electrons. The van der Waals surface area contributed by atoms with Gasteiger partial charge in [0.1, 0.15) is 22.5 Å². The number of halogens is 1. The Kier molecular flexibility index (Phi) is 4.05. The van der Waals surface area contributed by atoms with Crippen LogP contribution in [0.25, 0.3) is 10.4 Å². The van der Waals surface area contributed by atoms with Crippen LogP contribution < -0.4 is 10.5 Å². The van der Waals surface area contributed by atoms with E-state index in [-0.39, 0.29) is 0 Å². The molecule has 1 saturated carbocycles. The van der Waals surface area contributed by atoms with Crippen LogP contribution in [0.4, 0.5) is 4.39 Å². The second-order valence-corrected chi connectivity index (χ2v) is 6.67. The predicted molar refractivity (Wildman–Crippen MR) is 85.4 cm³/mol. The van der Waals surface area contributed by atoms with Gasteiger partial charge in [0.05, 0.1) is 0 Å². The van der Waals surface area contributed by atoms with Crippen LogP contribution in [-0.2, 0) is 4.79 Å². The Bertz CT molecular complexity index is 788. The molecule has 4 nitrogen and oxygen atoms in total. The number of thiophene rings is 1. The number of amides is 1. The van der Waals surface area contributed by atoms with Crippen LogP contribution in [0.5, 0.6) is 5.75 Å². The fourth-order valence-corrected chi connectivity index (χ4v) is 3.70. The number of carbonyl (C=O) groups is 1. The van der Waals surface area contributed by atoms with Gasteiger partial charge in [-0.3, -0.25) is 4.79 Å². The number of ether oxygens (including phenoxy) is 1. The molecule has 23 heavy (non-hydrogen) atoms. The van der Waals surface area contributed by atoms with Crippen molar-refractivity contribution in [3.63, 3.8) is 0 Å². The Morgan fingerprint density at radius 3 is 2.61 bits per heavy atom. The van der Waals surface area contributed by atoms with E-state index in [1.807, 2.05) is 6.07 Å². The largest absolute Gasteiger partial charge is 0.477 e. The van der Waals surface area contributed by atoms with E-state index in [0.717, 1.165) is 12.8 Å². The van der Waals surface area contributed by atoms with Gasteiger partial charge in [-0.25, -0.2) is 4.39 Å². The quantitative estimate of drug-likeness (QED) is 0.930. The SMILES string of the molecule is N#Cc1ccc(-c2ccc(OC3(C(N)=O)CCCC3)cc2F)s1. The maximum Gasteiger partial charge on any atom is 0.261 e. The summed E-state index contributed by atoms with van der Waals surface area (Å²) in [4.78, 5) is 12.9.